The molecule has 1 aliphatic rings. The van der Waals surface area contributed by atoms with Crippen LogP contribution in [0.25, 0.3) is 0 Å². The van der Waals surface area contributed by atoms with Gasteiger partial charge in [-0.15, -0.1) is 0 Å². The van der Waals surface area contributed by atoms with Gasteiger partial charge in [-0.2, -0.15) is 4.98 Å². The third-order valence-corrected chi connectivity index (χ3v) is 3.42. The lowest BCUT2D eigenvalue weighted by Gasteiger charge is -2.27. The second kappa shape index (κ2) is 6.13. The van der Waals surface area contributed by atoms with E-state index in [4.69, 9.17) is 9.84 Å². The summed E-state index contributed by atoms with van der Waals surface area (Å²) in [5, 5.41) is 29.4. The first-order valence-corrected chi connectivity index (χ1v) is 6.74. The minimum atomic E-state index is -1.73. The zero-order valence-corrected chi connectivity index (χ0v) is 12.6. The SMILES string of the molecule is CN(C)/C=N\c1ccn([C@@H]2O[C@H](CO)C(O)C2(C)O)c(=O)n1. The van der Waals surface area contributed by atoms with Gasteiger partial charge in [-0.3, -0.25) is 4.57 Å². The van der Waals surface area contributed by atoms with Crippen molar-refractivity contribution in [3.8, 4) is 0 Å². The Morgan fingerprint density at radius 1 is 1.59 bits per heavy atom. The van der Waals surface area contributed by atoms with Gasteiger partial charge in [0, 0.05) is 20.3 Å². The molecule has 0 aliphatic carbocycles. The van der Waals surface area contributed by atoms with E-state index in [9.17, 15) is 15.0 Å². The average Bonchev–Trinajstić information content (AvgIpc) is 2.68. The largest absolute Gasteiger partial charge is 0.394 e. The summed E-state index contributed by atoms with van der Waals surface area (Å²) in [6, 6.07) is 1.49. The quantitative estimate of drug-likeness (QED) is 0.455. The lowest BCUT2D eigenvalue weighted by Crippen LogP contribution is -2.46. The number of nitrogens with zero attached hydrogens (tertiary/aromatic N) is 4. The highest BCUT2D eigenvalue weighted by Crippen LogP contribution is 2.37. The lowest BCUT2D eigenvalue weighted by molar-refractivity contribution is -0.0986. The van der Waals surface area contributed by atoms with Gasteiger partial charge in [0.25, 0.3) is 0 Å². The first-order valence-electron chi connectivity index (χ1n) is 6.74. The highest BCUT2D eigenvalue weighted by Gasteiger charge is 2.53. The maximum Gasteiger partial charge on any atom is 0.351 e. The van der Waals surface area contributed by atoms with Gasteiger partial charge in [-0.25, -0.2) is 9.79 Å². The van der Waals surface area contributed by atoms with E-state index in [1.54, 1.807) is 19.0 Å². The molecule has 0 radical (unpaired) electrons. The smallest absolute Gasteiger partial charge is 0.351 e. The Morgan fingerprint density at radius 3 is 2.77 bits per heavy atom. The Balaban J connectivity index is 2.32. The highest BCUT2D eigenvalue weighted by molar-refractivity contribution is 5.58. The molecule has 3 N–H and O–H groups in total. The van der Waals surface area contributed by atoms with Crippen LogP contribution in [-0.4, -0.2) is 74.6 Å². The van der Waals surface area contributed by atoms with Gasteiger partial charge in [0.05, 0.1) is 12.9 Å². The van der Waals surface area contributed by atoms with Crippen molar-refractivity contribution >= 4 is 12.2 Å². The Kier molecular flexibility index (Phi) is 4.61. The molecule has 1 aromatic heterocycles. The predicted molar refractivity (Wildman–Crippen MR) is 78.0 cm³/mol. The van der Waals surface area contributed by atoms with Crippen LogP contribution in [0.1, 0.15) is 13.2 Å². The molecule has 122 valence electrons. The summed E-state index contributed by atoms with van der Waals surface area (Å²) < 4.78 is 6.43. The maximum atomic E-state index is 12.1. The van der Waals surface area contributed by atoms with Crippen LogP contribution >= 0.6 is 0 Å². The molecule has 2 unspecified atom stereocenters. The van der Waals surface area contributed by atoms with Crippen LogP contribution in [0.3, 0.4) is 0 Å². The molecule has 1 fully saturated rings. The molecule has 22 heavy (non-hydrogen) atoms. The predicted octanol–water partition coefficient (Wildman–Crippen LogP) is -1.53. The summed E-state index contributed by atoms with van der Waals surface area (Å²) in [5.74, 6) is 0.215. The molecule has 1 saturated heterocycles. The number of rotatable bonds is 4. The van der Waals surface area contributed by atoms with Crippen molar-refractivity contribution in [1.82, 2.24) is 14.5 Å². The topological polar surface area (TPSA) is 120 Å². The highest BCUT2D eigenvalue weighted by atomic mass is 16.6. The number of ether oxygens (including phenoxy) is 1. The van der Waals surface area contributed by atoms with Crippen LogP contribution in [0.4, 0.5) is 5.82 Å². The molecule has 9 nitrogen and oxygen atoms in total. The second-order valence-electron chi connectivity index (χ2n) is 5.56. The minimum Gasteiger partial charge on any atom is -0.394 e. The van der Waals surface area contributed by atoms with Crippen molar-refractivity contribution in [3.05, 3.63) is 22.7 Å². The van der Waals surface area contributed by atoms with Crippen molar-refractivity contribution in [3.63, 3.8) is 0 Å². The molecule has 0 saturated carbocycles. The zero-order chi connectivity index (χ0) is 16.5. The van der Waals surface area contributed by atoms with Gasteiger partial charge >= 0.3 is 5.69 Å². The van der Waals surface area contributed by atoms with Gasteiger partial charge in [0.15, 0.2) is 12.0 Å². The molecule has 0 aromatic carbocycles. The summed E-state index contributed by atoms with van der Waals surface area (Å²) in [4.78, 5) is 21.6. The Bertz CT molecular complexity index is 613. The van der Waals surface area contributed by atoms with E-state index < -0.39 is 36.3 Å². The van der Waals surface area contributed by atoms with E-state index in [0.29, 0.717) is 0 Å². The molecule has 0 spiro atoms. The average molecular weight is 312 g/mol. The fraction of sp³-hybridized carbons (Fsp3) is 0.615. The van der Waals surface area contributed by atoms with Crippen molar-refractivity contribution in [2.75, 3.05) is 20.7 Å². The third-order valence-electron chi connectivity index (χ3n) is 3.42. The molecule has 2 rings (SSSR count). The third kappa shape index (κ3) is 3.02. The molecule has 2 heterocycles. The lowest BCUT2D eigenvalue weighted by atomic mass is 9.96. The molecule has 9 heteroatoms. The number of aliphatic hydroxyl groups is 3. The van der Waals surface area contributed by atoms with Gasteiger partial charge in [-0.05, 0) is 13.0 Å². The molecular formula is C13H20N4O5. The standard InChI is InChI=1S/C13H20N4O5/c1-13(21)10(19)8(6-18)22-11(13)17-5-4-9(15-12(17)20)14-7-16(2)3/h4-5,7-8,10-11,18-19,21H,6H2,1-3H3/b14-7-/t8-,10?,11-,13?/m1/s1. The number of hydrogen-bond donors (Lipinski definition) is 3. The molecule has 1 aromatic rings. The number of aliphatic hydroxyl groups excluding tert-OH is 2. The van der Waals surface area contributed by atoms with E-state index in [0.717, 1.165) is 4.57 Å². The molecule has 0 amide bonds. The fourth-order valence-corrected chi connectivity index (χ4v) is 2.22. The first-order chi connectivity index (χ1) is 10.3. The van der Waals surface area contributed by atoms with Crippen LogP contribution < -0.4 is 5.69 Å². The van der Waals surface area contributed by atoms with Gasteiger partial charge < -0.3 is 25.0 Å². The number of aromatic nitrogens is 2. The van der Waals surface area contributed by atoms with Gasteiger partial charge in [0.2, 0.25) is 0 Å². The normalized spacial score (nSPS) is 31.8. The Labute approximate surface area is 127 Å². The van der Waals surface area contributed by atoms with Crippen LogP contribution in [0.5, 0.6) is 0 Å². The summed E-state index contributed by atoms with van der Waals surface area (Å²) in [5.41, 5.74) is -2.41. The van der Waals surface area contributed by atoms with E-state index in [1.807, 2.05) is 0 Å². The van der Waals surface area contributed by atoms with Crippen LogP contribution in [0, 0.1) is 0 Å². The maximum absolute atomic E-state index is 12.1. The van der Waals surface area contributed by atoms with Crippen LogP contribution in [0.15, 0.2) is 22.1 Å². The Hall–Kier alpha value is -1.81. The van der Waals surface area contributed by atoms with Crippen LogP contribution in [0.2, 0.25) is 0 Å². The number of aliphatic imine (C=N–C) groups is 1. The molecular weight excluding hydrogens is 292 g/mol. The van der Waals surface area contributed by atoms with E-state index in [2.05, 4.69) is 9.98 Å². The van der Waals surface area contributed by atoms with E-state index in [-0.39, 0.29) is 5.82 Å². The molecule has 0 bridgehead atoms. The van der Waals surface area contributed by atoms with Crippen molar-refractivity contribution in [2.45, 2.75) is 31.0 Å². The molecule has 1 aliphatic heterocycles. The second-order valence-corrected chi connectivity index (χ2v) is 5.56. The summed E-state index contributed by atoms with van der Waals surface area (Å²) in [6.07, 6.45) is -0.561. The van der Waals surface area contributed by atoms with Crippen molar-refractivity contribution in [1.29, 1.82) is 0 Å². The minimum absolute atomic E-state index is 0.215. The zero-order valence-electron chi connectivity index (χ0n) is 12.6. The summed E-state index contributed by atoms with van der Waals surface area (Å²) in [6.45, 7) is 0.865. The van der Waals surface area contributed by atoms with E-state index >= 15 is 0 Å². The first kappa shape index (κ1) is 16.6. The van der Waals surface area contributed by atoms with Crippen LogP contribution in [-0.2, 0) is 4.74 Å². The van der Waals surface area contributed by atoms with Crippen molar-refractivity contribution in [2.24, 2.45) is 4.99 Å². The van der Waals surface area contributed by atoms with Gasteiger partial charge in [0.1, 0.15) is 17.8 Å². The summed E-state index contributed by atoms with van der Waals surface area (Å²) >= 11 is 0. The summed E-state index contributed by atoms with van der Waals surface area (Å²) in [7, 11) is 3.56. The number of hydrogen-bond acceptors (Lipinski definition) is 7. The van der Waals surface area contributed by atoms with Gasteiger partial charge in [-0.1, -0.05) is 0 Å². The fourth-order valence-electron chi connectivity index (χ4n) is 2.22. The monoisotopic (exact) mass is 312 g/mol. The van der Waals surface area contributed by atoms with E-state index in [1.165, 1.54) is 25.5 Å². The molecule has 4 atom stereocenters. The van der Waals surface area contributed by atoms with Crippen molar-refractivity contribution < 1.29 is 20.1 Å². The Morgan fingerprint density at radius 2 is 2.27 bits per heavy atom.